The molecule has 0 saturated carbocycles. The van der Waals surface area contributed by atoms with Gasteiger partial charge in [0.1, 0.15) is 18.0 Å². The summed E-state index contributed by atoms with van der Waals surface area (Å²) in [5, 5.41) is 6.23. The number of fused-ring (bicyclic) bond motifs is 2. The van der Waals surface area contributed by atoms with Crippen molar-refractivity contribution in [3.63, 3.8) is 0 Å². The third-order valence-electron chi connectivity index (χ3n) is 5.46. The molecule has 1 fully saturated rings. The lowest BCUT2D eigenvalue weighted by Gasteiger charge is -2.37. The van der Waals surface area contributed by atoms with Crippen LogP contribution >= 0.6 is 11.8 Å². The van der Waals surface area contributed by atoms with E-state index >= 15 is 0 Å². The average molecular weight is 382 g/mol. The highest BCUT2D eigenvalue weighted by Crippen LogP contribution is 2.32. The molecule has 0 radical (unpaired) electrons. The highest BCUT2D eigenvalue weighted by molar-refractivity contribution is 7.98. The van der Waals surface area contributed by atoms with Crippen molar-refractivity contribution in [2.24, 2.45) is 7.05 Å². The van der Waals surface area contributed by atoms with E-state index < -0.39 is 0 Å². The lowest BCUT2D eigenvalue weighted by atomic mass is 10.2. The van der Waals surface area contributed by atoms with E-state index in [-0.39, 0.29) is 0 Å². The molecule has 140 valence electrons. The lowest BCUT2D eigenvalue weighted by Crippen LogP contribution is -2.47. The number of anilines is 2. The van der Waals surface area contributed by atoms with Crippen LogP contribution in [0.25, 0.3) is 11.0 Å². The van der Waals surface area contributed by atoms with Gasteiger partial charge in [-0.2, -0.15) is 5.10 Å². The van der Waals surface area contributed by atoms with Crippen LogP contribution in [0.5, 0.6) is 0 Å². The molecule has 0 N–H and O–H groups in total. The second-order valence-corrected chi connectivity index (χ2v) is 7.76. The zero-order chi connectivity index (χ0) is 18.4. The van der Waals surface area contributed by atoms with Crippen molar-refractivity contribution in [2.45, 2.75) is 24.4 Å². The number of aryl methyl sites for hydroxylation is 2. The van der Waals surface area contributed by atoms with E-state index in [2.05, 4.69) is 24.9 Å². The molecule has 3 aromatic heterocycles. The first-order chi connectivity index (χ1) is 13.2. The van der Waals surface area contributed by atoms with Gasteiger partial charge in [-0.1, -0.05) is 11.8 Å². The summed E-state index contributed by atoms with van der Waals surface area (Å²) in [5.74, 6) is 2.13. The number of aromatic nitrogens is 6. The van der Waals surface area contributed by atoms with Crippen molar-refractivity contribution < 1.29 is 0 Å². The van der Waals surface area contributed by atoms with Crippen LogP contribution < -0.4 is 9.80 Å². The molecule has 0 aromatic carbocycles. The van der Waals surface area contributed by atoms with Crippen LogP contribution in [0.1, 0.15) is 17.7 Å². The molecular weight excluding hydrogens is 360 g/mol. The van der Waals surface area contributed by atoms with Crippen LogP contribution in [0, 0.1) is 0 Å². The molecule has 0 spiro atoms. The smallest absolute Gasteiger partial charge is 0.189 e. The molecule has 0 atom stereocenters. The Labute approximate surface area is 162 Å². The molecule has 0 bridgehead atoms. The SMILES string of the molecule is CSc1nc2c(c(N3CCN(c4ncnc5c4cnn5C)CC3)n1)CCC2. The molecule has 1 aliphatic heterocycles. The zero-order valence-corrected chi connectivity index (χ0v) is 16.4. The quantitative estimate of drug-likeness (QED) is 0.500. The van der Waals surface area contributed by atoms with Gasteiger partial charge < -0.3 is 9.80 Å². The molecule has 1 saturated heterocycles. The fourth-order valence-electron chi connectivity index (χ4n) is 4.08. The fraction of sp³-hybridized carbons (Fsp3) is 0.500. The monoisotopic (exact) mass is 382 g/mol. The van der Waals surface area contributed by atoms with Gasteiger partial charge in [0.2, 0.25) is 0 Å². The Bertz CT molecular complexity index is 992. The standard InChI is InChI=1S/C18H22N8S/c1-24-15-13(10-21-24)16(20-11-19-15)25-6-8-26(9-7-25)17-12-4-3-5-14(12)22-18(23-17)27-2/h10-11H,3-9H2,1-2H3. The highest BCUT2D eigenvalue weighted by Gasteiger charge is 2.27. The van der Waals surface area contributed by atoms with E-state index in [9.17, 15) is 0 Å². The van der Waals surface area contributed by atoms with Crippen molar-refractivity contribution in [3.8, 4) is 0 Å². The largest absolute Gasteiger partial charge is 0.353 e. The van der Waals surface area contributed by atoms with Crippen molar-refractivity contribution in [2.75, 3.05) is 42.2 Å². The van der Waals surface area contributed by atoms with Crippen molar-refractivity contribution >= 4 is 34.4 Å². The summed E-state index contributed by atoms with van der Waals surface area (Å²) in [6.45, 7) is 3.69. The molecule has 4 heterocycles. The number of nitrogens with zero attached hydrogens (tertiary/aromatic N) is 8. The second-order valence-electron chi connectivity index (χ2n) is 6.99. The first kappa shape index (κ1) is 16.7. The van der Waals surface area contributed by atoms with Gasteiger partial charge in [-0.3, -0.25) is 4.68 Å². The average Bonchev–Trinajstić information content (AvgIpc) is 3.34. The van der Waals surface area contributed by atoms with Gasteiger partial charge in [-0.15, -0.1) is 0 Å². The predicted molar refractivity (Wildman–Crippen MR) is 107 cm³/mol. The number of rotatable bonds is 3. The van der Waals surface area contributed by atoms with Gasteiger partial charge in [0.15, 0.2) is 10.8 Å². The van der Waals surface area contributed by atoms with Crippen LogP contribution in [0.2, 0.25) is 0 Å². The predicted octanol–water partition coefficient (Wildman–Crippen LogP) is 1.69. The van der Waals surface area contributed by atoms with E-state index in [4.69, 9.17) is 9.97 Å². The Morgan fingerprint density at radius 1 is 0.963 bits per heavy atom. The number of hydrogen-bond donors (Lipinski definition) is 0. The third-order valence-corrected chi connectivity index (χ3v) is 6.01. The van der Waals surface area contributed by atoms with E-state index in [0.717, 1.165) is 66.8 Å². The second kappa shape index (κ2) is 6.63. The van der Waals surface area contributed by atoms with Crippen molar-refractivity contribution in [3.05, 3.63) is 23.8 Å². The summed E-state index contributed by atoms with van der Waals surface area (Å²) in [6.07, 6.45) is 8.91. The summed E-state index contributed by atoms with van der Waals surface area (Å²) in [6, 6.07) is 0. The van der Waals surface area contributed by atoms with Crippen LogP contribution in [-0.2, 0) is 19.9 Å². The minimum Gasteiger partial charge on any atom is -0.353 e. The molecule has 3 aromatic rings. The fourth-order valence-corrected chi connectivity index (χ4v) is 4.45. The molecule has 2 aliphatic rings. The molecular formula is C18H22N8S. The van der Waals surface area contributed by atoms with Crippen molar-refractivity contribution in [1.82, 2.24) is 29.7 Å². The van der Waals surface area contributed by atoms with Crippen LogP contribution in [0.15, 0.2) is 17.7 Å². The van der Waals surface area contributed by atoms with Gasteiger partial charge in [-0.05, 0) is 25.5 Å². The van der Waals surface area contributed by atoms with Gasteiger partial charge in [0.05, 0.1) is 17.3 Å². The molecule has 9 heteroatoms. The van der Waals surface area contributed by atoms with Crippen LogP contribution in [0.3, 0.4) is 0 Å². The number of hydrogen-bond acceptors (Lipinski definition) is 8. The zero-order valence-electron chi connectivity index (χ0n) is 15.6. The summed E-state index contributed by atoms with van der Waals surface area (Å²) in [7, 11) is 1.91. The maximum Gasteiger partial charge on any atom is 0.189 e. The van der Waals surface area contributed by atoms with E-state index in [1.165, 1.54) is 17.7 Å². The lowest BCUT2D eigenvalue weighted by molar-refractivity contribution is 0.636. The first-order valence-electron chi connectivity index (χ1n) is 9.31. The van der Waals surface area contributed by atoms with Gasteiger partial charge in [0, 0.05) is 38.8 Å². The third kappa shape index (κ3) is 2.80. The summed E-state index contributed by atoms with van der Waals surface area (Å²) in [5.41, 5.74) is 3.48. The molecule has 0 unspecified atom stereocenters. The summed E-state index contributed by atoms with van der Waals surface area (Å²) in [4.78, 5) is 23.2. The van der Waals surface area contributed by atoms with Gasteiger partial charge in [-0.25, -0.2) is 19.9 Å². The van der Waals surface area contributed by atoms with E-state index in [1.807, 2.05) is 19.5 Å². The van der Waals surface area contributed by atoms with E-state index in [1.54, 1.807) is 22.8 Å². The summed E-state index contributed by atoms with van der Waals surface area (Å²) >= 11 is 1.63. The number of thioether (sulfide) groups is 1. The van der Waals surface area contributed by atoms with Crippen molar-refractivity contribution in [1.29, 1.82) is 0 Å². The normalized spacial score (nSPS) is 17.0. The maximum absolute atomic E-state index is 4.86. The Balaban J connectivity index is 1.40. The number of piperazine rings is 1. The molecule has 27 heavy (non-hydrogen) atoms. The molecule has 5 rings (SSSR count). The van der Waals surface area contributed by atoms with Gasteiger partial charge in [0.25, 0.3) is 0 Å². The maximum atomic E-state index is 4.86. The van der Waals surface area contributed by atoms with Crippen LogP contribution in [-0.4, -0.2) is 62.2 Å². The van der Waals surface area contributed by atoms with E-state index in [0.29, 0.717) is 0 Å². The summed E-state index contributed by atoms with van der Waals surface area (Å²) < 4.78 is 1.80. The van der Waals surface area contributed by atoms with Crippen LogP contribution in [0.4, 0.5) is 11.6 Å². The minimum atomic E-state index is 0.876. The Morgan fingerprint density at radius 3 is 2.52 bits per heavy atom. The Hall–Kier alpha value is -2.42. The Kier molecular flexibility index (Phi) is 4.11. The molecule has 8 nitrogen and oxygen atoms in total. The topological polar surface area (TPSA) is 75.9 Å². The van der Waals surface area contributed by atoms with Gasteiger partial charge >= 0.3 is 0 Å². The molecule has 0 amide bonds. The highest BCUT2D eigenvalue weighted by atomic mass is 32.2. The first-order valence-corrected chi connectivity index (χ1v) is 10.5. The Morgan fingerprint density at radius 2 is 1.74 bits per heavy atom. The molecule has 1 aliphatic carbocycles. The minimum absolute atomic E-state index is 0.876.